The highest BCUT2D eigenvalue weighted by molar-refractivity contribution is 6.30. The molecule has 2 aromatic carbocycles. The SMILES string of the molecule is CC(=O)Nc1ccc(NC(=O)c2nn(-c3cccc(Cl)c3)nc2C)cc1. The highest BCUT2D eigenvalue weighted by Gasteiger charge is 2.16. The Hall–Kier alpha value is -3.19. The van der Waals surface area contributed by atoms with Crippen molar-refractivity contribution in [3.8, 4) is 5.69 Å². The summed E-state index contributed by atoms with van der Waals surface area (Å²) in [6.45, 7) is 3.14. The maximum Gasteiger partial charge on any atom is 0.278 e. The predicted octanol–water partition coefficient (Wildman–Crippen LogP) is 3.44. The second-order valence-electron chi connectivity index (χ2n) is 5.62. The van der Waals surface area contributed by atoms with Gasteiger partial charge in [0.05, 0.1) is 11.4 Å². The van der Waals surface area contributed by atoms with Gasteiger partial charge >= 0.3 is 0 Å². The highest BCUT2D eigenvalue weighted by Crippen LogP contribution is 2.17. The topological polar surface area (TPSA) is 88.9 Å². The van der Waals surface area contributed by atoms with Crippen molar-refractivity contribution >= 4 is 34.8 Å². The number of hydrogen-bond donors (Lipinski definition) is 2. The number of nitrogens with one attached hydrogen (secondary N) is 2. The first-order valence-electron chi connectivity index (χ1n) is 7.81. The smallest absolute Gasteiger partial charge is 0.278 e. The Balaban J connectivity index is 1.77. The average molecular weight is 370 g/mol. The number of aromatic nitrogens is 3. The molecular formula is C18H16ClN5O2. The van der Waals surface area contributed by atoms with E-state index in [0.29, 0.717) is 27.8 Å². The van der Waals surface area contributed by atoms with Crippen molar-refractivity contribution in [2.24, 2.45) is 0 Å². The summed E-state index contributed by atoms with van der Waals surface area (Å²) in [6, 6.07) is 13.8. The van der Waals surface area contributed by atoms with Crippen LogP contribution < -0.4 is 10.6 Å². The second kappa shape index (κ2) is 7.37. The van der Waals surface area contributed by atoms with Gasteiger partial charge in [-0.3, -0.25) is 9.59 Å². The van der Waals surface area contributed by atoms with E-state index in [4.69, 9.17) is 11.6 Å². The first-order chi connectivity index (χ1) is 12.4. The van der Waals surface area contributed by atoms with Crippen LogP contribution in [0.5, 0.6) is 0 Å². The first kappa shape index (κ1) is 17.6. The lowest BCUT2D eigenvalue weighted by atomic mass is 10.2. The summed E-state index contributed by atoms with van der Waals surface area (Å²) in [7, 11) is 0. The molecule has 0 spiro atoms. The van der Waals surface area contributed by atoms with Crippen molar-refractivity contribution in [3.05, 3.63) is 64.9 Å². The number of benzene rings is 2. The van der Waals surface area contributed by atoms with Crippen LogP contribution in [-0.4, -0.2) is 26.8 Å². The third kappa shape index (κ3) is 4.07. The normalized spacial score (nSPS) is 10.4. The number of amides is 2. The van der Waals surface area contributed by atoms with Crippen LogP contribution in [0.1, 0.15) is 23.1 Å². The maximum atomic E-state index is 12.5. The standard InChI is InChI=1S/C18H16ClN5O2/c1-11-17(23-24(22-11)16-5-3-4-13(19)10-16)18(26)21-15-8-6-14(7-9-15)20-12(2)25/h3-10H,1-2H3,(H,20,25)(H,21,26). The highest BCUT2D eigenvalue weighted by atomic mass is 35.5. The minimum absolute atomic E-state index is 0.157. The van der Waals surface area contributed by atoms with Gasteiger partial charge in [0.25, 0.3) is 5.91 Å². The Bertz CT molecular complexity index is 966. The Labute approximate surface area is 155 Å². The molecule has 0 aliphatic carbocycles. The Morgan fingerprint density at radius 2 is 1.65 bits per heavy atom. The molecule has 7 nitrogen and oxygen atoms in total. The lowest BCUT2D eigenvalue weighted by molar-refractivity contribution is -0.114. The second-order valence-corrected chi connectivity index (χ2v) is 6.05. The fourth-order valence-corrected chi connectivity index (χ4v) is 2.52. The molecular weight excluding hydrogens is 354 g/mol. The summed E-state index contributed by atoms with van der Waals surface area (Å²) in [5.41, 5.74) is 2.62. The van der Waals surface area contributed by atoms with Gasteiger partial charge in [-0.15, -0.1) is 5.10 Å². The predicted molar refractivity (Wildman–Crippen MR) is 99.8 cm³/mol. The first-order valence-corrected chi connectivity index (χ1v) is 8.19. The van der Waals surface area contributed by atoms with E-state index in [0.717, 1.165) is 0 Å². The zero-order valence-electron chi connectivity index (χ0n) is 14.2. The Morgan fingerprint density at radius 1 is 1.00 bits per heavy atom. The quantitative estimate of drug-likeness (QED) is 0.737. The van der Waals surface area contributed by atoms with Gasteiger partial charge in [-0.25, -0.2) is 0 Å². The molecule has 0 atom stereocenters. The number of aryl methyl sites for hydroxylation is 1. The molecule has 0 fully saturated rings. The molecule has 0 aliphatic rings. The van der Waals surface area contributed by atoms with Crippen molar-refractivity contribution in [1.82, 2.24) is 15.0 Å². The Morgan fingerprint density at radius 3 is 2.27 bits per heavy atom. The summed E-state index contributed by atoms with van der Waals surface area (Å²) in [5, 5.41) is 14.5. The van der Waals surface area contributed by atoms with E-state index in [9.17, 15) is 9.59 Å². The van der Waals surface area contributed by atoms with Gasteiger partial charge in [0.15, 0.2) is 5.69 Å². The van der Waals surface area contributed by atoms with E-state index in [2.05, 4.69) is 20.8 Å². The summed E-state index contributed by atoms with van der Waals surface area (Å²) < 4.78 is 0. The largest absolute Gasteiger partial charge is 0.326 e. The molecule has 1 heterocycles. The van der Waals surface area contributed by atoms with Crippen LogP contribution in [0.2, 0.25) is 5.02 Å². The lowest BCUT2D eigenvalue weighted by Crippen LogP contribution is -2.14. The van der Waals surface area contributed by atoms with Gasteiger partial charge in [-0.1, -0.05) is 17.7 Å². The van der Waals surface area contributed by atoms with Crippen LogP contribution in [0.15, 0.2) is 48.5 Å². The van der Waals surface area contributed by atoms with Crippen molar-refractivity contribution in [2.45, 2.75) is 13.8 Å². The molecule has 26 heavy (non-hydrogen) atoms. The van der Waals surface area contributed by atoms with Crippen molar-refractivity contribution in [1.29, 1.82) is 0 Å². The van der Waals surface area contributed by atoms with Crippen LogP contribution in [0, 0.1) is 6.92 Å². The summed E-state index contributed by atoms with van der Waals surface area (Å²) in [5.74, 6) is -0.530. The number of rotatable bonds is 4. The van der Waals surface area contributed by atoms with Gasteiger partial charge in [0, 0.05) is 23.3 Å². The molecule has 2 amide bonds. The number of carbonyl (C=O) groups excluding carboxylic acids is 2. The fraction of sp³-hybridized carbons (Fsp3) is 0.111. The van der Waals surface area contributed by atoms with Gasteiger partial charge in [0.2, 0.25) is 5.91 Å². The molecule has 132 valence electrons. The molecule has 0 bridgehead atoms. The van der Waals surface area contributed by atoms with Crippen LogP contribution >= 0.6 is 11.6 Å². The van der Waals surface area contributed by atoms with Crippen LogP contribution in [0.3, 0.4) is 0 Å². The molecule has 0 unspecified atom stereocenters. The number of carbonyl (C=O) groups is 2. The van der Waals surface area contributed by atoms with Gasteiger partial charge in [-0.2, -0.15) is 9.90 Å². The molecule has 2 N–H and O–H groups in total. The van der Waals surface area contributed by atoms with E-state index in [1.807, 2.05) is 0 Å². The number of halogens is 1. The van der Waals surface area contributed by atoms with Crippen LogP contribution in [-0.2, 0) is 4.79 Å². The Kier molecular flexibility index (Phi) is 4.99. The zero-order chi connectivity index (χ0) is 18.7. The van der Waals surface area contributed by atoms with Crippen LogP contribution in [0.4, 0.5) is 11.4 Å². The maximum absolute atomic E-state index is 12.5. The molecule has 3 rings (SSSR count). The number of anilines is 2. The molecule has 0 saturated heterocycles. The minimum Gasteiger partial charge on any atom is -0.326 e. The van der Waals surface area contributed by atoms with Crippen molar-refractivity contribution in [2.75, 3.05) is 10.6 Å². The average Bonchev–Trinajstić information content (AvgIpc) is 2.98. The lowest BCUT2D eigenvalue weighted by Gasteiger charge is -2.06. The summed E-state index contributed by atoms with van der Waals surface area (Å²) in [4.78, 5) is 24.9. The van der Waals surface area contributed by atoms with Crippen molar-refractivity contribution in [3.63, 3.8) is 0 Å². The fourth-order valence-electron chi connectivity index (χ4n) is 2.34. The molecule has 0 radical (unpaired) electrons. The molecule has 8 heteroatoms. The summed E-state index contributed by atoms with van der Waals surface area (Å²) >= 11 is 5.98. The van der Waals surface area contributed by atoms with Crippen LogP contribution in [0.25, 0.3) is 5.69 Å². The minimum atomic E-state index is -0.372. The zero-order valence-corrected chi connectivity index (χ0v) is 14.9. The molecule has 0 saturated carbocycles. The van der Waals surface area contributed by atoms with Gasteiger partial charge in [0.1, 0.15) is 0 Å². The third-order valence-corrected chi connectivity index (χ3v) is 3.73. The third-order valence-electron chi connectivity index (χ3n) is 3.50. The van der Waals surface area contributed by atoms with E-state index in [-0.39, 0.29) is 17.5 Å². The van der Waals surface area contributed by atoms with E-state index in [1.165, 1.54) is 11.7 Å². The molecule has 0 aliphatic heterocycles. The molecule has 1 aromatic heterocycles. The monoisotopic (exact) mass is 369 g/mol. The van der Waals surface area contributed by atoms with E-state index >= 15 is 0 Å². The van der Waals surface area contributed by atoms with Crippen molar-refractivity contribution < 1.29 is 9.59 Å². The number of hydrogen-bond acceptors (Lipinski definition) is 4. The van der Waals surface area contributed by atoms with Gasteiger partial charge in [-0.05, 0) is 49.4 Å². The van der Waals surface area contributed by atoms with Gasteiger partial charge < -0.3 is 10.6 Å². The summed E-state index contributed by atoms with van der Waals surface area (Å²) in [6.07, 6.45) is 0. The number of nitrogens with zero attached hydrogens (tertiary/aromatic N) is 3. The molecule has 3 aromatic rings. The van der Waals surface area contributed by atoms with E-state index in [1.54, 1.807) is 55.5 Å². The van der Waals surface area contributed by atoms with E-state index < -0.39 is 0 Å².